The molecule has 3 heterocycles. The van der Waals surface area contributed by atoms with Crippen LogP contribution in [-0.4, -0.2) is 58.2 Å². The number of H-pyrrole nitrogens is 1. The Balaban J connectivity index is 1.25. The number of hydrogen-bond donors (Lipinski definition) is 4. The quantitative estimate of drug-likeness (QED) is 0.145. The van der Waals surface area contributed by atoms with E-state index in [2.05, 4.69) is 30.9 Å². The second-order valence-electron chi connectivity index (χ2n) is 14.5. The third-order valence-corrected chi connectivity index (χ3v) is 10.8. The Labute approximate surface area is 290 Å². The highest BCUT2D eigenvalue weighted by Gasteiger charge is 2.58. The molecule has 0 bridgehead atoms. The number of halogens is 7. The Bertz CT molecular complexity index is 1760. The van der Waals surface area contributed by atoms with Crippen LogP contribution in [0.4, 0.5) is 39.4 Å². The number of imidazole rings is 1. The van der Waals surface area contributed by atoms with Crippen LogP contribution >= 0.6 is 23.2 Å². The molecule has 4 N–H and O–H groups in total. The Hall–Kier alpha value is -3.39. The summed E-state index contributed by atoms with van der Waals surface area (Å²) in [5.41, 5.74) is 0.0481. The third kappa shape index (κ3) is 7.40. The molecule has 9 nitrogen and oxygen atoms in total. The maximum atomic E-state index is 14.9. The Morgan fingerprint density at radius 1 is 1.04 bits per heavy atom. The number of rotatable bonds is 7. The van der Waals surface area contributed by atoms with Crippen molar-refractivity contribution in [2.24, 2.45) is 16.7 Å². The molecule has 2 saturated carbocycles. The number of piperidine rings is 1. The van der Waals surface area contributed by atoms with Gasteiger partial charge >= 0.3 is 6.18 Å². The molecule has 49 heavy (non-hydrogen) atoms. The van der Waals surface area contributed by atoms with Gasteiger partial charge in [-0.15, -0.1) is 0 Å². The highest BCUT2D eigenvalue weighted by molar-refractivity contribution is 6.39. The van der Waals surface area contributed by atoms with E-state index in [1.54, 1.807) is 26.8 Å². The summed E-state index contributed by atoms with van der Waals surface area (Å²) in [6.45, 7) is 5.82. The lowest BCUT2D eigenvalue weighted by Gasteiger charge is -2.31. The SMILES string of the molecule is CC(C)(C)C(=O)NCc1cc(F)c(Cl)c(Nc2nc3nc(N4CCC(F)CC4)c(C(=O)NC4CC45CCC(C(F)(F)F)CC5)cc3[nH]2)c1Cl. The summed E-state index contributed by atoms with van der Waals surface area (Å²) in [7, 11) is 0. The molecule has 1 saturated heterocycles. The number of benzene rings is 1. The lowest BCUT2D eigenvalue weighted by molar-refractivity contribution is -0.184. The molecule has 3 fully saturated rings. The van der Waals surface area contributed by atoms with Gasteiger partial charge in [0.25, 0.3) is 5.91 Å². The van der Waals surface area contributed by atoms with Gasteiger partial charge in [0.2, 0.25) is 11.9 Å². The first-order chi connectivity index (χ1) is 22.9. The number of aromatic nitrogens is 3. The van der Waals surface area contributed by atoms with Gasteiger partial charge in [-0.2, -0.15) is 18.2 Å². The van der Waals surface area contributed by atoms with Crippen molar-refractivity contribution in [2.45, 2.75) is 90.7 Å². The average Bonchev–Trinajstić information content (AvgIpc) is 3.51. The summed E-state index contributed by atoms with van der Waals surface area (Å²) >= 11 is 12.9. The fourth-order valence-electron chi connectivity index (χ4n) is 6.77. The van der Waals surface area contributed by atoms with Crippen LogP contribution in [0, 0.1) is 22.6 Å². The molecule has 1 spiro atoms. The number of fused-ring (bicyclic) bond motifs is 1. The van der Waals surface area contributed by atoms with Crippen LogP contribution in [0.25, 0.3) is 11.2 Å². The van der Waals surface area contributed by atoms with Crippen molar-refractivity contribution in [1.82, 2.24) is 25.6 Å². The monoisotopic (exact) mass is 729 g/mol. The Morgan fingerprint density at radius 3 is 2.35 bits per heavy atom. The minimum atomic E-state index is -4.21. The Kier molecular flexibility index (Phi) is 9.44. The van der Waals surface area contributed by atoms with Crippen LogP contribution in [0.3, 0.4) is 0 Å². The first-order valence-corrected chi connectivity index (χ1v) is 17.1. The molecule has 1 unspecified atom stereocenters. The molecule has 16 heteroatoms. The fourth-order valence-corrected chi connectivity index (χ4v) is 7.28. The van der Waals surface area contributed by atoms with Gasteiger partial charge in [-0.1, -0.05) is 44.0 Å². The molecule has 0 radical (unpaired) electrons. The maximum Gasteiger partial charge on any atom is 0.391 e. The van der Waals surface area contributed by atoms with Gasteiger partial charge in [-0.3, -0.25) is 9.59 Å². The summed E-state index contributed by atoms with van der Waals surface area (Å²) < 4.78 is 68.7. The van der Waals surface area contributed by atoms with Crippen LogP contribution in [0.15, 0.2) is 12.1 Å². The summed E-state index contributed by atoms with van der Waals surface area (Å²) in [4.78, 5) is 40.2. The van der Waals surface area contributed by atoms with Crippen molar-refractivity contribution in [3.8, 4) is 0 Å². The molecule has 266 valence electrons. The highest BCUT2D eigenvalue weighted by Crippen LogP contribution is 2.59. The number of carbonyl (C=O) groups is 2. The second-order valence-corrected chi connectivity index (χ2v) is 15.2. The van der Waals surface area contributed by atoms with Crippen LogP contribution < -0.4 is 20.9 Å². The molecule has 1 atom stereocenters. The van der Waals surface area contributed by atoms with Crippen LogP contribution in [0.2, 0.25) is 10.0 Å². The molecular weight excluding hydrogens is 692 g/mol. The molecule has 2 aromatic heterocycles. The number of aromatic amines is 1. The number of alkyl halides is 4. The minimum absolute atomic E-state index is 0.00452. The molecule has 1 aromatic carbocycles. The molecule has 1 aliphatic heterocycles. The number of nitrogens with one attached hydrogen (secondary N) is 4. The van der Waals surface area contributed by atoms with Crippen LogP contribution in [-0.2, 0) is 11.3 Å². The van der Waals surface area contributed by atoms with E-state index in [9.17, 15) is 31.5 Å². The zero-order valence-corrected chi connectivity index (χ0v) is 28.8. The highest BCUT2D eigenvalue weighted by atomic mass is 35.5. The lowest BCUT2D eigenvalue weighted by atomic mass is 9.79. The first-order valence-electron chi connectivity index (χ1n) is 16.3. The predicted octanol–water partition coefficient (Wildman–Crippen LogP) is 7.99. The first kappa shape index (κ1) is 35.4. The largest absolute Gasteiger partial charge is 0.391 e. The third-order valence-electron chi connectivity index (χ3n) is 9.96. The molecule has 2 amide bonds. The number of carbonyl (C=O) groups excluding carboxylic acids is 2. The van der Waals surface area contributed by atoms with Gasteiger partial charge in [-0.05, 0) is 68.1 Å². The van der Waals surface area contributed by atoms with E-state index < -0.39 is 35.4 Å². The minimum Gasteiger partial charge on any atom is -0.356 e. The van der Waals surface area contributed by atoms with E-state index in [0.29, 0.717) is 43.7 Å². The molecule has 3 aliphatic rings. The van der Waals surface area contributed by atoms with Gasteiger partial charge in [0.1, 0.15) is 22.8 Å². The Morgan fingerprint density at radius 2 is 1.71 bits per heavy atom. The van der Waals surface area contributed by atoms with Crippen molar-refractivity contribution in [1.29, 1.82) is 0 Å². The smallest absolute Gasteiger partial charge is 0.356 e. The zero-order chi connectivity index (χ0) is 35.5. The summed E-state index contributed by atoms with van der Waals surface area (Å²) in [5, 5.41) is 8.43. The topological polar surface area (TPSA) is 115 Å². The normalized spacial score (nSPS) is 23.2. The van der Waals surface area contributed by atoms with Gasteiger partial charge in [0, 0.05) is 31.1 Å². The summed E-state index contributed by atoms with van der Waals surface area (Å²) in [5.74, 6) is -2.37. The maximum absolute atomic E-state index is 14.9. The molecule has 6 rings (SSSR count). The van der Waals surface area contributed by atoms with Crippen molar-refractivity contribution in [3.63, 3.8) is 0 Å². The van der Waals surface area contributed by atoms with Crippen molar-refractivity contribution in [3.05, 3.63) is 39.1 Å². The van der Waals surface area contributed by atoms with Gasteiger partial charge in [0.05, 0.1) is 27.7 Å². The number of hydrogen-bond acceptors (Lipinski definition) is 6. The van der Waals surface area contributed by atoms with Crippen LogP contribution in [0.1, 0.15) is 81.6 Å². The van der Waals surface area contributed by atoms with Gasteiger partial charge < -0.3 is 25.8 Å². The lowest BCUT2D eigenvalue weighted by Crippen LogP contribution is -2.38. The van der Waals surface area contributed by atoms with E-state index >= 15 is 0 Å². The predicted molar refractivity (Wildman–Crippen MR) is 178 cm³/mol. The second kappa shape index (κ2) is 13.1. The average molecular weight is 731 g/mol. The standard InChI is InChI=1S/C33H38Cl2F5N7O2/c1-31(2,3)29(49)41-15-16-12-20(37)24(35)25(23(16)34)44-30-42-21-13-19(27(45-26(21)46-30)47-10-6-18(36)7-11-47)28(48)43-22-14-32(22)8-4-17(5-9-32)33(38,39)40/h12-13,17-18,22H,4-11,14-15H2,1-3H3,(H,41,49)(H,43,48)(H2,42,44,45,46). The fraction of sp³-hybridized carbons (Fsp3) is 0.576. The number of pyridine rings is 1. The van der Waals surface area contributed by atoms with E-state index in [1.807, 2.05) is 4.90 Å². The van der Waals surface area contributed by atoms with Gasteiger partial charge in [0.15, 0.2) is 5.65 Å². The molecule has 3 aromatic rings. The number of nitrogens with zero attached hydrogens (tertiary/aromatic N) is 3. The number of anilines is 3. The number of amides is 2. The van der Waals surface area contributed by atoms with Crippen LogP contribution in [0.5, 0.6) is 0 Å². The van der Waals surface area contributed by atoms with Crippen molar-refractivity contribution >= 4 is 63.6 Å². The molecule has 2 aliphatic carbocycles. The van der Waals surface area contributed by atoms with E-state index in [0.717, 1.165) is 6.07 Å². The van der Waals surface area contributed by atoms with Gasteiger partial charge in [-0.25, -0.2) is 13.8 Å². The van der Waals surface area contributed by atoms with E-state index in [1.165, 1.54) is 0 Å². The molecular formula is C33H38Cl2F5N7O2. The van der Waals surface area contributed by atoms with Crippen molar-refractivity contribution < 1.29 is 31.5 Å². The summed E-state index contributed by atoms with van der Waals surface area (Å²) in [6, 6.07) is 2.46. The van der Waals surface area contributed by atoms with E-state index in [4.69, 9.17) is 23.2 Å². The van der Waals surface area contributed by atoms with E-state index in [-0.39, 0.29) is 88.0 Å². The van der Waals surface area contributed by atoms with Crippen molar-refractivity contribution in [2.75, 3.05) is 23.3 Å². The summed E-state index contributed by atoms with van der Waals surface area (Å²) in [6.07, 6.45) is -3.19. The zero-order valence-electron chi connectivity index (χ0n) is 27.3.